The van der Waals surface area contributed by atoms with Gasteiger partial charge in [0.05, 0.1) is 11.5 Å². The molecule has 0 aromatic heterocycles. The highest BCUT2D eigenvalue weighted by molar-refractivity contribution is 7.89. The molecule has 0 spiro atoms. The number of aliphatic hydroxyl groups excluding tert-OH is 1. The first-order valence-corrected chi connectivity index (χ1v) is 9.49. The molecule has 0 unspecified atom stereocenters. The number of hydrogen-bond acceptors (Lipinski definition) is 3. The minimum atomic E-state index is -3.62. The van der Waals surface area contributed by atoms with Crippen molar-refractivity contribution in [2.75, 3.05) is 6.61 Å². The third-order valence-electron chi connectivity index (χ3n) is 4.14. The first-order chi connectivity index (χ1) is 10.6. The molecule has 0 aliphatic carbocycles. The smallest absolute Gasteiger partial charge is 0.241 e. The Morgan fingerprint density at radius 3 is 2.22 bits per heavy atom. The second-order valence-electron chi connectivity index (χ2n) is 6.43. The normalized spacial score (nSPS) is 15.5. The van der Waals surface area contributed by atoms with Crippen LogP contribution in [0.5, 0.6) is 0 Å². The van der Waals surface area contributed by atoms with Crippen molar-refractivity contribution >= 4 is 10.0 Å². The minimum Gasteiger partial charge on any atom is -0.392 e. The van der Waals surface area contributed by atoms with E-state index in [0.717, 1.165) is 28.7 Å². The minimum absolute atomic E-state index is 0.0722. The van der Waals surface area contributed by atoms with Gasteiger partial charge >= 0.3 is 0 Å². The number of nitrogens with one attached hydrogen (secondary N) is 1. The molecular weight excluding hydrogens is 310 g/mol. The van der Waals surface area contributed by atoms with E-state index < -0.39 is 10.0 Å². The standard InChI is InChI=1S/C18H29NO3S/c1-7-14(4)17(10-13(3)11-20)19-23(21,22)18-15(5)8-12(2)9-16(18)6/h8-10,14,17,19-20H,7,11H2,1-6H3/b13-10+/t14-,17+/m0/s1. The zero-order valence-corrected chi connectivity index (χ0v) is 15.8. The van der Waals surface area contributed by atoms with Crippen molar-refractivity contribution in [3.63, 3.8) is 0 Å². The Hall–Kier alpha value is -1.17. The molecule has 0 aliphatic heterocycles. The maximum atomic E-state index is 12.9. The van der Waals surface area contributed by atoms with Crippen molar-refractivity contribution in [3.8, 4) is 0 Å². The highest BCUT2D eigenvalue weighted by atomic mass is 32.2. The number of rotatable bonds is 7. The monoisotopic (exact) mass is 339 g/mol. The average molecular weight is 340 g/mol. The molecule has 0 aliphatic rings. The summed E-state index contributed by atoms with van der Waals surface area (Å²) < 4.78 is 28.6. The van der Waals surface area contributed by atoms with Crippen LogP contribution in [0.15, 0.2) is 28.7 Å². The van der Waals surface area contributed by atoms with Gasteiger partial charge in [0.25, 0.3) is 0 Å². The van der Waals surface area contributed by atoms with Gasteiger partial charge in [-0.1, -0.05) is 49.6 Å². The van der Waals surface area contributed by atoms with Gasteiger partial charge < -0.3 is 5.11 Å². The number of aliphatic hydroxyl groups is 1. The van der Waals surface area contributed by atoms with Gasteiger partial charge in [-0.05, 0) is 44.7 Å². The predicted molar refractivity (Wildman–Crippen MR) is 95.1 cm³/mol. The molecule has 2 atom stereocenters. The third kappa shape index (κ3) is 5.16. The summed E-state index contributed by atoms with van der Waals surface area (Å²) in [6.07, 6.45) is 2.65. The van der Waals surface area contributed by atoms with Crippen LogP contribution in [0.25, 0.3) is 0 Å². The summed E-state index contributed by atoms with van der Waals surface area (Å²) in [4.78, 5) is 0.353. The van der Waals surface area contributed by atoms with E-state index in [4.69, 9.17) is 0 Å². The van der Waals surface area contributed by atoms with E-state index in [9.17, 15) is 13.5 Å². The Balaban J connectivity index is 3.27. The number of aryl methyl sites for hydroxylation is 3. The molecule has 5 heteroatoms. The van der Waals surface area contributed by atoms with Crippen molar-refractivity contribution in [2.45, 2.75) is 58.9 Å². The average Bonchev–Trinajstić information content (AvgIpc) is 2.43. The van der Waals surface area contributed by atoms with Crippen LogP contribution in [-0.2, 0) is 10.0 Å². The fraction of sp³-hybridized carbons (Fsp3) is 0.556. The van der Waals surface area contributed by atoms with Gasteiger partial charge in [0, 0.05) is 6.04 Å². The molecule has 1 aromatic rings. The predicted octanol–water partition coefficient (Wildman–Crippen LogP) is 3.24. The number of benzene rings is 1. The van der Waals surface area contributed by atoms with Crippen LogP contribution in [0, 0.1) is 26.7 Å². The van der Waals surface area contributed by atoms with Gasteiger partial charge in [-0.25, -0.2) is 13.1 Å². The lowest BCUT2D eigenvalue weighted by atomic mass is 9.98. The van der Waals surface area contributed by atoms with Crippen LogP contribution in [0.4, 0.5) is 0 Å². The fourth-order valence-electron chi connectivity index (χ4n) is 2.76. The van der Waals surface area contributed by atoms with E-state index in [1.165, 1.54) is 0 Å². The second kappa shape index (κ2) is 8.08. The van der Waals surface area contributed by atoms with E-state index in [1.807, 2.05) is 52.8 Å². The summed E-state index contributed by atoms with van der Waals surface area (Å²) in [5.74, 6) is 0.136. The van der Waals surface area contributed by atoms with Crippen LogP contribution >= 0.6 is 0 Å². The molecule has 0 heterocycles. The molecule has 4 nitrogen and oxygen atoms in total. The highest BCUT2D eigenvalue weighted by Crippen LogP contribution is 2.23. The maximum absolute atomic E-state index is 12.9. The van der Waals surface area contributed by atoms with Gasteiger partial charge in [0.2, 0.25) is 10.0 Å². The van der Waals surface area contributed by atoms with E-state index in [-0.39, 0.29) is 18.6 Å². The lowest BCUT2D eigenvalue weighted by Gasteiger charge is -2.23. The molecule has 1 rings (SSSR count). The molecule has 0 radical (unpaired) electrons. The van der Waals surface area contributed by atoms with Crippen molar-refractivity contribution in [3.05, 3.63) is 40.5 Å². The van der Waals surface area contributed by atoms with Gasteiger partial charge in [-0.2, -0.15) is 0 Å². The van der Waals surface area contributed by atoms with Crippen LogP contribution < -0.4 is 4.72 Å². The second-order valence-corrected chi connectivity index (χ2v) is 8.08. The lowest BCUT2D eigenvalue weighted by Crippen LogP contribution is -2.38. The maximum Gasteiger partial charge on any atom is 0.241 e. The van der Waals surface area contributed by atoms with Crippen molar-refractivity contribution < 1.29 is 13.5 Å². The third-order valence-corrected chi connectivity index (χ3v) is 5.90. The molecule has 0 saturated carbocycles. The zero-order valence-electron chi connectivity index (χ0n) is 15.0. The Labute approximate surface area is 140 Å². The molecule has 2 N–H and O–H groups in total. The first kappa shape index (κ1) is 19.9. The molecule has 130 valence electrons. The molecule has 1 aromatic carbocycles. The van der Waals surface area contributed by atoms with Gasteiger partial charge in [0.1, 0.15) is 0 Å². The van der Waals surface area contributed by atoms with Crippen molar-refractivity contribution in [1.82, 2.24) is 4.72 Å². The van der Waals surface area contributed by atoms with Gasteiger partial charge in [-0.3, -0.25) is 0 Å². The summed E-state index contributed by atoms with van der Waals surface area (Å²) in [7, 11) is -3.62. The summed E-state index contributed by atoms with van der Waals surface area (Å²) in [5, 5.41) is 9.23. The van der Waals surface area contributed by atoms with E-state index in [2.05, 4.69) is 4.72 Å². The summed E-state index contributed by atoms with van der Waals surface area (Å²) in [6, 6.07) is 3.43. The molecule has 0 amide bonds. The highest BCUT2D eigenvalue weighted by Gasteiger charge is 2.25. The molecular formula is C18H29NO3S. The van der Waals surface area contributed by atoms with Crippen LogP contribution in [0.2, 0.25) is 0 Å². The van der Waals surface area contributed by atoms with E-state index in [1.54, 1.807) is 6.92 Å². The van der Waals surface area contributed by atoms with Gasteiger partial charge in [0.15, 0.2) is 0 Å². The molecule has 0 fully saturated rings. The molecule has 23 heavy (non-hydrogen) atoms. The Morgan fingerprint density at radius 2 is 1.78 bits per heavy atom. The Kier molecular flexibility index (Phi) is 6.99. The quantitative estimate of drug-likeness (QED) is 0.750. The molecule has 0 bridgehead atoms. The topological polar surface area (TPSA) is 66.4 Å². The number of sulfonamides is 1. The van der Waals surface area contributed by atoms with E-state index in [0.29, 0.717) is 4.90 Å². The van der Waals surface area contributed by atoms with E-state index >= 15 is 0 Å². The fourth-order valence-corrected chi connectivity index (χ4v) is 4.50. The summed E-state index contributed by atoms with van der Waals surface area (Å²) in [5.41, 5.74) is 3.31. The van der Waals surface area contributed by atoms with Crippen molar-refractivity contribution in [1.29, 1.82) is 0 Å². The molecule has 0 saturated heterocycles. The lowest BCUT2D eigenvalue weighted by molar-refractivity contribution is 0.329. The Morgan fingerprint density at radius 1 is 1.26 bits per heavy atom. The van der Waals surface area contributed by atoms with Crippen LogP contribution in [0.3, 0.4) is 0 Å². The van der Waals surface area contributed by atoms with Crippen LogP contribution in [-0.4, -0.2) is 26.2 Å². The van der Waals surface area contributed by atoms with Crippen molar-refractivity contribution in [2.24, 2.45) is 5.92 Å². The van der Waals surface area contributed by atoms with Gasteiger partial charge in [-0.15, -0.1) is 0 Å². The largest absolute Gasteiger partial charge is 0.392 e. The number of hydrogen-bond donors (Lipinski definition) is 2. The summed E-state index contributed by atoms with van der Waals surface area (Å²) in [6.45, 7) is 11.4. The SMILES string of the molecule is CC[C@H](C)[C@@H](/C=C(\C)CO)NS(=O)(=O)c1c(C)cc(C)cc1C. The zero-order chi connectivity index (χ0) is 17.8. The summed E-state index contributed by atoms with van der Waals surface area (Å²) >= 11 is 0. The first-order valence-electron chi connectivity index (χ1n) is 8.00. The van der Waals surface area contributed by atoms with Crippen LogP contribution in [0.1, 0.15) is 43.9 Å². The Bertz CT molecular complexity index is 655.